The minimum absolute atomic E-state index is 0.100. The van der Waals surface area contributed by atoms with Gasteiger partial charge < -0.3 is 5.32 Å². The van der Waals surface area contributed by atoms with Crippen molar-refractivity contribution < 1.29 is 9.59 Å². The van der Waals surface area contributed by atoms with Gasteiger partial charge in [0.2, 0.25) is 0 Å². The molecule has 0 aromatic rings. The normalized spacial score (nSPS) is 22.2. The Morgan fingerprint density at radius 2 is 1.39 bits per heavy atom. The van der Waals surface area contributed by atoms with Crippen molar-refractivity contribution in [2.45, 2.75) is 119 Å². The van der Waals surface area contributed by atoms with E-state index in [-0.39, 0.29) is 29.1 Å². The van der Waals surface area contributed by atoms with Crippen LogP contribution in [0.25, 0.3) is 0 Å². The third-order valence-corrected chi connectivity index (χ3v) is 7.97. The zero-order chi connectivity index (χ0) is 24.4. The molecule has 0 heterocycles. The molecule has 4 nitrogen and oxygen atoms in total. The van der Waals surface area contributed by atoms with Crippen molar-refractivity contribution in [3.05, 3.63) is 12.2 Å². The van der Waals surface area contributed by atoms with Gasteiger partial charge in [-0.15, -0.1) is 0 Å². The summed E-state index contributed by atoms with van der Waals surface area (Å²) in [5.41, 5.74) is -0.512. The molecule has 0 aliphatic heterocycles. The minimum Gasteiger partial charge on any atom is -0.312 e. The molecule has 180 valence electrons. The molecule has 1 fully saturated rings. The van der Waals surface area contributed by atoms with Crippen LogP contribution in [0.15, 0.2) is 12.2 Å². The molecule has 0 spiro atoms. The van der Waals surface area contributed by atoms with Gasteiger partial charge in [0.1, 0.15) is 5.78 Å². The molecule has 1 aliphatic rings. The van der Waals surface area contributed by atoms with Crippen LogP contribution in [-0.2, 0) is 9.59 Å². The Morgan fingerprint density at radius 3 is 1.77 bits per heavy atom. The predicted octanol–water partition coefficient (Wildman–Crippen LogP) is 5.70. The van der Waals surface area contributed by atoms with Crippen molar-refractivity contribution in [2.24, 2.45) is 22.7 Å². The summed E-state index contributed by atoms with van der Waals surface area (Å²) in [6.45, 7) is 27.7. The first-order chi connectivity index (χ1) is 13.8. The maximum Gasteiger partial charge on any atom is 0.155 e. The average molecular weight is 435 g/mol. The molecular formula is C27H50N2O2. The quantitative estimate of drug-likeness (QED) is 0.433. The molecule has 0 aromatic carbocycles. The van der Waals surface area contributed by atoms with Crippen molar-refractivity contribution in [3.63, 3.8) is 0 Å². The highest BCUT2D eigenvalue weighted by Gasteiger charge is 2.49. The van der Waals surface area contributed by atoms with Crippen molar-refractivity contribution in [2.75, 3.05) is 6.54 Å². The number of rotatable bonds is 10. The number of carbonyl (C=O) groups is 2. The van der Waals surface area contributed by atoms with Crippen LogP contribution in [0.5, 0.6) is 0 Å². The minimum atomic E-state index is -0.672. The lowest BCUT2D eigenvalue weighted by Crippen LogP contribution is -2.61. The fourth-order valence-electron chi connectivity index (χ4n) is 4.76. The molecule has 1 saturated carbocycles. The first kappa shape index (κ1) is 28.0. The van der Waals surface area contributed by atoms with Crippen molar-refractivity contribution in [3.8, 4) is 0 Å². The zero-order valence-electron chi connectivity index (χ0n) is 22.3. The molecule has 1 rings (SSSR count). The third-order valence-electron chi connectivity index (χ3n) is 7.97. The van der Waals surface area contributed by atoms with Crippen LogP contribution >= 0.6 is 0 Å². The van der Waals surface area contributed by atoms with Gasteiger partial charge in [-0.3, -0.25) is 14.9 Å². The number of nitrogens with one attached hydrogen (secondary N) is 2. The van der Waals surface area contributed by atoms with Gasteiger partial charge in [-0.05, 0) is 92.0 Å². The van der Waals surface area contributed by atoms with Gasteiger partial charge in [0.05, 0.1) is 5.54 Å². The van der Waals surface area contributed by atoms with E-state index < -0.39 is 16.4 Å². The SMILES string of the molecule is C=C(C)C(NC(C)(C)C(=O)C1CCC(CNC(C)(C)C)CC1)C(C)(C)C(C)(C)C(C)=O. The van der Waals surface area contributed by atoms with Gasteiger partial charge in [-0.25, -0.2) is 0 Å². The molecule has 0 radical (unpaired) electrons. The first-order valence-corrected chi connectivity index (χ1v) is 12.1. The zero-order valence-corrected chi connectivity index (χ0v) is 22.3. The molecular weight excluding hydrogens is 384 g/mol. The lowest BCUT2D eigenvalue weighted by Gasteiger charge is -2.49. The summed E-state index contributed by atoms with van der Waals surface area (Å²) in [5, 5.41) is 7.24. The highest BCUT2D eigenvalue weighted by atomic mass is 16.1. The smallest absolute Gasteiger partial charge is 0.155 e. The fraction of sp³-hybridized carbons (Fsp3) is 0.852. The Hall–Kier alpha value is -1.00. The van der Waals surface area contributed by atoms with Crippen molar-refractivity contribution in [1.82, 2.24) is 10.6 Å². The second-order valence-electron chi connectivity index (χ2n) is 12.7. The second kappa shape index (κ2) is 9.87. The van der Waals surface area contributed by atoms with E-state index in [9.17, 15) is 9.59 Å². The van der Waals surface area contributed by atoms with E-state index in [4.69, 9.17) is 0 Å². The summed E-state index contributed by atoms with van der Waals surface area (Å²) in [6, 6.07) is -0.141. The Balaban J connectivity index is 2.89. The largest absolute Gasteiger partial charge is 0.312 e. The molecule has 0 aromatic heterocycles. The fourth-order valence-corrected chi connectivity index (χ4v) is 4.76. The third kappa shape index (κ3) is 6.99. The van der Waals surface area contributed by atoms with Crippen LogP contribution in [0.4, 0.5) is 0 Å². The van der Waals surface area contributed by atoms with Crippen LogP contribution in [0, 0.1) is 22.7 Å². The Kier molecular flexibility index (Phi) is 8.92. The highest BCUT2D eigenvalue weighted by molar-refractivity contribution is 5.90. The van der Waals surface area contributed by atoms with E-state index in [0.717, 1.165) is 37.8 Å². The number of hydrogen-bond acceptors (Lipinski definition) is 4. The molecule has 1 unspecified atom stereocenters. The molecule has 31 heavy (non-hydrogen) atoms. The molecule has 0 saturated heterocycles. The van der Waals surface area contributed by atoms with E-state index >= 15 is 0 Å². The van der Waals surface area contributed by atoms with Gasteiger partial charge in [-0.2, -0.15) is 0 Å². The number of carbonyl (C=O) groups excluding carboxylic acids is 2. The molecule has 2 N–H and O–H groups in total. The summed E-state index contributed by atoms with van der Waals surface area (Å²) in [7, 11) is 0. The van der Waals surface area contributed by atoms with Crippen molar-refractivity contribution in [1.29, 1.82) is 0 Å². The summed E-state index contributed by atoms with van der Waals surface area (Å²) < 4.78 is 0. The van der Waals surface area contributed by atoms with Crippen LogP contribution < -0.4 is 10.6 Å². The summed E-state index contributed by atoms with van der Waals surface area (Å²) in [5.74, 6) is 1.19. The van der Waals surface area contributed by atoms with Gasteiger partial charge >= 0.3 is 0 Å². The topological polar surface area (TPSA) is 58.2 Å². The Morgan fingerprint density at radius 1 is 0.903 bits per heavy atom. The van der Waals surface area contributed by atoms with Crippen LogP contribution in [0.1, 0.15) is 102 Å². The number of Topliss-reactive ketones (excluding diaryl/α,β-unsaturated/α-hetero) is 2. The summed E-state index contributed by atoms with van der Waals surface area (Å²) >= 11 is 0. The Labute approximate surface area is 192 Å². The van der Waals surface area contributed by atoms with E-state index in [1.165, 1.54) is 0 Å². The van der Waals surface area contributed by atoms with Crippen LogP contribution in [-0.4, -0.2) is 35.2 Å². The van der Waals surface area contributed by atoms with Crippen LogP contribution in [0.3, 0.4) is 0 Å². The van der Waals surface area contributed by atoms with E-state index in [1.807, 2.05) is 34.6 Å². The van der Waals surface area contributed by atoms with E-state index in [2.05, 4.69) is 51.8 Å². The standard InChI is InChI=1S/C27H50N2O2/c1-18(2)22(26(9,10)25(7,8)19(3)30)29-27(11,12)23(31)21-15-13-20(14-16-21)17-28-24(4,5)6/h20-22,28-29H,1,13-17H2,2-12H3. The summed E-state index contributed by atoms with van der Waals surface area (Å²) in [6.07, 6.45) is 4.12. The average Bonchev–Trinajstić information content (AvgIpc) is 2.63. The number of hydrogen-bond donors (Lipinski definition) is 2. The monoisotopic (exact) mass is 434 g/mol. The lowest BCUT2D eigenvalue weighted by atomic mass is 9.60. The van der Waals surface area contributed by atoms with Gasteiger partial charge in [0, 0.05) is 22.9 Å². The van der Waals surface area contributed by atoms with Crippen molar-refractivity contribution >= 4 is 11.6 Å². The molecule has 0 amide bonds. The lowest BCUT2D eigenvalue weighted by molar-refractivity contribution is -0.133. The highest BCUT2D eigenvalue weighted by Crippen LogP contribution is 2.44. The summed E-state index contributed by atoms with van der Waals surface area (Å²) in [4.78, 5) is 25.9. The molecule has 0 bridgehead atoms. The van der Waals surface area contributed by atoms with Gasteiger partial charge in [-0.1, -0.05) is 39.8 Å². The number of ketones is 2. The van der Waals surface area contributed by atoms with Crippen LogP contribution in [0.2, 0.25) is 0 Å². The Bertz CT molecular complexity index is 659. The predicted molar refractivity (Wildman–Crippen MR) is 132 cm³/mol. The van der Waals surface area contributed by atoms with Gasteiger partial charge in [0.15, 0.2) is 5.78 Å². The molecule has 1 aliphatic carbocycles. The maximum atomic E-state index is 13.5. The molecule has 1 atom stereocenters. The maximum absolute atomic E-state index is 13.5. The van der Waals surface area contributed by atoms with E-state index in [1.54, 1.807) is 6.92 Å². The molecule has 4 heteroatoms. The van der Waals surface area contributed by atoms with E-state index in [0.29, 0.717) is 5.92 Å². The first-order valence-electron chi connectivity index (χ1n) is 12.1. The van der Waals surface area contributed by atoms with Gasteiger partial charge in [0.25, 0.3) is 0 Å². The second-order valence-corrected chi connectivity index (χ2v) is 12.7.